The van der Waals surface area contributed by atoms with Crippen LogP contribution in [0.25, 0.3) is 0 Å². The maximum Gasteiger partial charge on any atom is 0.335 e. The molecule has 0 aromatic carbocycles. The molecule has 0 amide bonds. The number of carbonyl (C=O) groups excluding carboxylic acids is 1. The third-order valence-electron chi connectivity index (χ3n) is 5.49. The number of hydrogen-bond acceptors (Lipinski definition) is 4. The summed E-state index contributed by atoms with van der Waals surface area (Å²) in [6.07, 6.45) is 7.35. The smallest absolute Gasteiger partial charge is 0.335 e. The topological polar surface area (TPSA) is 38.8 Å². The van der Waals surface area contributed by atoms with E-state index in [0.29, 0.717) is 5.92 Å². The molecule has 3 atom stereocenters. The molecule has 2 aliphatic rings. The van der Waals surface area contributed by atoms with E-state index in [-0.39, 0.29) is 23.0 Å². The molecule has 4 nitrogen and oxygen atoms in total. The van der Waals surface area contributed by atoms with Crippen molar-refractivity contribution in [1.82, 2.24) is 4.90 Å². The first-order valence-electron chi connectivity index (χ1n) is 8.41. The Balaban J connectivity index is 2.16. The number of methoxy groups -OCH3 is 1. The molecule has 0 spiro atoms. The van der Waals surface area contributed by atoms with Gasteiger partial charge >= 0.3 is 5.97 Å². The Morgan fingerprint density at radius 3 is 2.52 bits per heavy atom. The molecule has 0 fully saturated rings. The fourth-order valence-electron chi connectivity index (χ4n) is 3.17. The molecular formula is C18H31NO3Si. The van der Waals surface area contributed by atoms with Gasteiger partial charge < -0.3 is 14.1 Å². The van der Waals surface area contributed by atoms with E-state index < -0.39 is 8.32 Å². The van der Waals surface area contributed by atoms with Crippen LogP contribution in [0.1, 0.15) is 27.2 Å². The van der Waals surface area contributed by atoms with Crippen molar-refractivity contribution >= 4 is 14.3 Å². The molecule has 2 rings (SSSR count). The largest absolute Gasteiger partial charge is 0.466 e. The van der Waals surface area contributed by atoms with E-state index in [2.05, 4.69) is 50.9 Å². The lowest BCUT2D eigenvalue weighted by atomic mass is 9.76. The van der Waals surface area contributed by atoms with Crippen LogP contribution in [0.4, 0.5) is 0 Å². The van der Waals surface area contributed by atoms with Gasteiger partial charge in [0, 0.05) is 25.7 Å². The van der Waals surface area contributed by atoms with Crippen LogP contribution >= 0.6 is 0 Å². The second kappa shape index (κ2) is 6.44. The molecule has 5 heteroatoms. The molecule has 1 heterocycles. The number of ether oxygens (including phenoxy) is 1. The van der Waals surface area contributed by atoms with Crippen LogP contribution in [0, 0.1) is 11.8 Å². The minimum absolute atomic E-state index is 0.151. The first kappa shape index (κ1) is 18.3. The van der Waals surface area contributed by atoms with Gasteiger partial charge in [-0.25, -0.2) is 4.79 Å². The Morgan fingerprint density at radius 1 is 1.30 bits per heavy atom. The summed E-state index contributed by atoms with van der Waals surface area (Å²) in [7, 11) is 1.68. The SMILES string of the molecule is COC(=O)C1=CN(C)C[C@H]2C[C@H](O[Si](C)(C)C(C)(C)C)C=C[C@@H]12. The van der Waals surface area contributed by atoms with Crippen LogP contribution in [-0.4, -0.2) is 46.0 Å². The number of allylic oxidation sites excluding steroid dienone is 1. The van der Waals surface area contributed by atoms with Crippen molar-refractivity contribution in [2.45, 2.75) is 51.4 Å². The van der Waals surface area contributed by atoms with Crippen LogP contribution in [-0.2, 0) is 14.0 Å². The third kappa shape index (κ3) is 3.89. The van der Waals surface area contributed by atoms with E-state index in [1.165, 1.54) is 7.11 Å². The fourth-order valence-corrected chi connectivity index (χ4v) is 4.45. The van der Waals surface area contributed by atoms with Crippen LogP contribution < -0.4 is 0 Å². The van der Waals surface area contributed by atoms with Crippen molar-refractivity contribution in [2.75, 3.05) is 20.7 Å². The first-order valence-corrected chi connectivity index (χ1v) is 11.3. The van der Waals surface area contributed by atoms with Gasteiger partial charge in [0.25, 0.3) is 0 Å². The Morgan fingerprint density at radius 2 is 1.96 bits per heavy atom. The summed E-state index contributed by atoms with van der Waals surface area (Å²) in [6.45, 7) is 12.3. The van der Waals surface area contributed by atoms with Gasteiger partial charge in [-0.15, -0.1) is 0 Å². The highest BCUT2D eigenvalue weighted by Gasteiger charge is 2.42. The Hall–Kier alpha value is -1.07. The normalized spacial score (nSPS) is 28.2. The van der Waals surface area contributed by atoms with E-state index in [4.69, 9.17) is 9.16 Å². The number of esters is 1. The fraction of sp³-hybridized carbons (Fsp3) is 0.722. The summed E-state index contributed by atoms with van der Waals surface area (Å²) in [6, 6.07) is 0. The van der Waals surface area contributed by atoms with Gasteiger partial charge in [0.2, 0.25) is 0 Å². The molecule has 0 bridgehead atoms. The van der Waals surface area contributed by atoms with Gasteiger partial charge in [0.15, 0.2) is 8.32 Å². The minimum atomic E-state index is -1.78. The summed E-state index contributed by atoms with van der Waals surface area (Å²) in [5, 5.41) is 0.206. The molecule has 1 aliphatic heterocycles. The monoisotopic (exact) mass is 337 g/mol. The summed E-state index contributed by atoms with van der Waals surface area (Å²) in [4.78, 5) is 14.1. The summed E-state index contributed by atoms with van der Waals surface area (Å²) < 4.78 is 11.5. The summed E-state index contributed by atoms with van der Waals surface area (Å²) in [5.74, 6) is 0.330. The number of carbonyl (C=O) groups is 1. The maximum absolute atomic E-state index is 12.0. The van der Waals surface area contributed by atoms with Gasteiger partial charge in [0.05, 0.1) is 18.8 Å². The number of rotatable bonds is 3. The quantitative estimate of drug-likeness (QED) is 0.448. The molecule has 130 valence electrons. The average Bonchev–Trinajstić information content (AvgIpc) is 2.43. The first-order chi connectivity index (χ1) is 10.5. The molecule has 0 unspecified atom stereocenters. The standard InChI is InChI=1S/C18H31NO3Si/c1-18(2,3)23(6,7)22-14-8-9-15-13(10-14)11-19(4)12-16(15)17(20)21-5/h8-9,12-15H,10-11H2,1-7H3/t13-,14-,15-/m1/s1. The van der Waals surface area contributed by atoms with Crippen LogP contribution in [0.3, 0.4) is 0 Å². The Kier molecular flexibility index (Phi) is 5.11. The van der Waals surface area contributed by atoms with E-state index in [1.54, 1.807) is 0 Å². The zero-order valence-corrected chi connectivity index (χ0v) is 16.6. The van der Waals surface area contributed by atoms with Gasteiger partial charge in [-0.3, -0.25) is 0 Å². The molecular weight excluding hydrogens is 306 g/mol. The lowest BCUT2D eigenvalue weighted by Gasteiger charge is -2.43. The highest BCUT2D eigenvalue weighted by Crippen LogP contribution is 2.41. The van der Waals surface area contributed by atoms with Gasteiger partial charge in [-0.05, 0) is 30.5 Å². The highest BCUT2D eigenvalue weighted by atomic mass is 28.4. The van der Waals surface area contributed by atoms with Crippen molar-refractivity contribution in [2.24, 2.45) is 11.8 Å². The number of fused-ring (bicyclic) bond motifs is 1. The van der Waals surface area contributed by atoms with Gasteiger partial charge in [-0.2, -0.15) is 0 Å². The molecule has 0 aromatic rings. The van der Waals surface area contributed by atoms with Crippen LogP contribution in [0.2, 0.25) is 18.1 Å². The summed E-state index contributed by atoms with van der Waals surface area (Å²) in [5.41, 5.74) is 0.758. The van der Waals surface area contributed by atoms with Gasteiger partial charge in [-0.1, -0.05) is 32.9 Å². The molecule has 0 aromatic heterocycles. The maximum atomic E-state index is 12.0. The van der Waals surface area contributed by atoms with Crippen molar-refractivity contribution in [3.8, 4) is 0 Å². The minimum Gasteiger partial charge on any atom is -0.466 e. The lowest BCUT2D eigenvalue weighted by Crippen LogP contribution is -2.46. The third-order valence-corrected chi connectivity index (χ3v) is 9.99. The predicted molar refractivity (Wildman–Crippen MR) is 95.5 cm³/mol. The van der Waals surface area contributed by atoms with E-state index >= 15 is 0 Å². The van der Waals surface area contributed by atoms with E-state index in [0.717, 1.165) is 18.5 Å². The highest BCUT2D eigenvalue weighted by molar-refractivity contribution is 6.74. The zero-order valence-electron chi connectivity index (χ0n) is 15.6. The van der Waals surface area contributed by atoms with Crippen molar-refractivity contribution in [3.63, 3.8) is 0 Å². The van der Waals surface area contributed by atoms with Crippen molar-refractivity contribution in [3.05, 3.63) is 23.9 Å². The molecule has 0 saturated carbocycles. The van der Waals surface area contributed by atoms with Gasteiger partial charge in [0.1, 0.15) is 0 Å². The summed E-state index contributed by atoms with van der Waals surface area (Å²) >= 11 is 0. The second-order valence-electron chi connectivity index (χ2n) is 8.34. The lowest BCUT2D eigenvalue weighted by molar-refractivity contribution is -0.137. The average molecular weight is 338 g/mol. The molecule has 23 heavy (non-hydrogen) atoms. The molecule has 1 aliphatic carbocycles. The second-order valence-corrected chi connectivity index (χ2v) is 13.1. The Bertz CT molecular complexity index is 519. The van der Waals surface area contributed by atoms with Crippen molar-refractivity contribution < 1.29 is 14.0 Å². The molecule has 0 saturated heterocycles. The predicted octanol–water partition coefficient (Wildman–Crippen LogP) is 3.57. The molecule has 0 N–H and O–H groups in total. The Labute approximate surface area is 141 Å². The van der Waals surface area contributed by atoms with E-state index in [9.17, 15) is 4.79 Å². The van der Waals surface area contributed by atoms with Crippen molar-refractivity contribution in [1.29, 1.82) is 0 Å². The zero-order chi connectivity index (χ0) is 17.4. The van der Waals surface area contributed by atoms with E-state index in [1.807, 2.05) is 13.2 Å². The number of hydrogen-bond donors (Lipinski definition) is 0. The molecule has 0 radical (unpaired) electrons. The van der Waals surface area contributed by atoms with Crippen LogP contribution in [0.5, 0.6) is 0 Å². The number of nitrogens with zero attached hydrogens (tertiary/aromatic N) is 1. The van der Waals surface area contributed by atoms with Crippen LogP contribution in [0.15, 0.2) is 23.9 Å².